The molecule has 1 aromatic rings. The molecular formula is C20H30N2O2. The summed E-state index contributed by atoms with van der Waals surface area (Å²) < 4.78 is 5.96. The van der Waals surface area contributed by atoms with E-state index in [1.54, 1.807) is 0 Å². The molecule has 4 heteroatoms. The summed E-state index contributed by atoms with van der Waals surface area (Å²) >= 11 is 0. The number of carbonyl (C=O) groups is 1. The van der Waals surface area contributed by atoms with E-state index in [-0.39, 0.29) is 5.91 Å². The van der Waals surface area contributed by atoms with Crippen LogP contribution < -0.4 is 15.4 Å². The van der Waals surface area contributed by atoms with E-state index >= 15 is 0 Å². The van der Waals surface area contributed by atoms with Crippen molar-refractivity contribution in [1.29, 1.82) is 0 Å². The van der Waals surface area contributed by atoms with Crippen molar-refractivity contribution >= 4 is 11.6 Å². The van der Waals surface area contributed by atoms with E-state index < -0.39 is 0 Å². The molecule has 1 saturated heterocycles. The Morgan fingerprint density at radius 1 is 1.21 bits per heavy atom. The van der Waals surface area contributed by atoms with Gasteiger partial charge in [0.05, 0.1) is 6.10 Å². The van der Waals surface area contributed by atoms with Crippen molar-refractivity contribution in [1.82, 2.24) is 5.32 Å². The second-order valence-electron chi connectivity index (χ2n) is 7.38. The minimum absolute atomic E-state index is 0.109. The first-order chi connectivity index (χ1) is 11.7. The van der Waals surface area contributed by atoms with Crippen molar-refractivity contribution in [3.05, 3.63) is 24.3 Å². The highest BCUT2D eigenvalue weighted by Gasteiger charge is 2.22. The summed E-state index contributed by atoms with van der Waals surface area (Å²) in [6.45, 7) is 4.35. The van der Waals surface area contributed by atoms with Crippen LogP contribution in [-0.2, 0) is 4.79 Å². The van der Waals surface area contributed by atoms with E-state index in [0.717, 1.165) is 37.4 Å². The summed E-state index contributed by atoms with van der Waals surface area (Å²) in [4.78, 5) is 12.3. The van der Waals surface area contributed by atoms with Crippen molar-refractivity contribution in [3.63, 3.8) is 0 Å². The molecule has 0 aromatic heterocycles. The maximum Gasteiger partial charge on any atom is 0.224 e. The lowest BCUT2D eigenvalue weighted by Gasteiger charge is -2.28. The quantitative estimate of drug-likeness (QED) is 0.830. The van der Waals surface area contributed by atoms with Crippen LogP contribution in [0.25, 0.3) is 0 Å². The minimum atomic E-state index is 0.109. The van der Waals surface area contributed by atoms with Crippen molar-refractivity contribution < 1.29 is 9.53 Å². The fourth-order valence-electron chi connectivity index (χ4n) is 3.85. The Bertz CT molecular complexity index is 517. The Balaban J connectivity index is 1.45. The standard InChI is InChI=1S/C20H30N2O2/c1-15(16-5-4-12-21-14-16)13-20(23)22-17-8-10-19(11-9-17)24-18-6-2-3-7-18/h8-11,15-16,18,21H,2-7,12-14H2,1H3,(H,22,23). The van der Waals surface area contributed by atoms with Crippen molar-refractivity contribution in [2.24, 2.45) is 11.8 Å². The molecule has 1 aromatic carbocycles. The molecule has 2 N–H and O–H groups in total. The Hall–Kier alpha value is -1.55. The fourth-order valence-corrected chi connectivity index (χ4v) is 3.85. The molecule has 1 heterocycles. The molecule has 4 nitrogen and oxygen atoms in total. The third-order valence-electron chi connectivity index (χ3n) is 5.39. The highest BCUT2D eigenvalue weighted by molar-refractivity contribution is 5.90. The Morgan fingerprint density at radius 2 is 1.96 bits per heavy atom. The molecule has 0 bridgehead atoms. The highest BCUT2D eigenvalue weighted by Crippen LogP contribution is 2.26. The second kappa shape index (κ2) is 8.52. The van der Waals surface area contributed by atoms with Crippen LogP contribution in [0.5, 0.6) is 5.75 Å². The Labute approximate surface area is 145 Å². The van der Waals surface area contributed by atoms with Crippen LogP contribution >= 0.6 is 0 Å². The first-order valence-corrected chi connectivity index (χ1v) is 9.48. The third kappa shape index (κ3) is 4.97. The Morgan fingerprint density at radius 3 is 2.62 bits per heavy atom. The molecule has 1 amide bonds. The van der Waals surface area contributed by atoms with Gasteiger partial charge in [-0.2, -0.15) is 0 Å². The molecule has 132 valence electrons. The molecule has 1 saturated carbocycles. The van der Waals surface area contributed by atoms with Crippen molar-refractivity contribution in [2.75, 3.05) is 18.4 Å². The molecule has 2 atom stereocenters. The number of anilines is 1. The first kappa shape index (κ1) is 17.3. The van der Waals surface area contributed by atoms with Gasteiger partial charge < -0.3 is 15.4 Å². The molecule has 2 fully saturated rings. The van der Waals surface area contributed by atoms with Gasteiger partial charge in [0.2, 0.25) is 5.91 Å². The lowest BCUT2D eigenvalue weighted by molar-refractivity contribution is -0.117. The molecule has 2 aliphatic rings. The van der Waals surface area contributed by atoms with E-state index in [1.165, 1.54) is 25.7 Å². The smallest absolute Gasteiger partial charge is 0.224 e. The van der Waals surface area contributed by atoms with E-state index in [0.29, 0.717) is 24.4 Å². The zero-order chi connectivity index (χ0) is 16.8. The average molecular weight is 330 g/mol. The van der Waals surface area contributed by atoms with Gasteiger partial charge in [0, 0.05) is 12.1 Å². The summed E-state index contributed by atoms with van der Waals surface area (Å²) in [6, 6.07) is 7.80. The summed E-state index contributed by atoms with van der Waals surface area (Å²) in [6.07, 6.45) is 8.27. The molecule has 0 spiro atoms. The van der Waals surface area contributed by atoms with Crippen LogP contribution in [0.15, 0.2) is 24.3 Å². The molecule has 0 radical (unpaired) electrons. The molecule has 24 heavy (non-hydrogen) atoms. The highest BCUT2D eigenvalue weighted by atomic mass is 16.5. The van der Waals surface area contributed by atoms with Gasteiger partial charge in [-0.1, -0.05) is 6.92 Å². The minimum Gasteiger partial charge on any atom is -0.490 e. The van der Waals surface area contributed by atoms with Gasteiger partial charge in [0.15, 0.2) is 0 Å². The monoisotopic (exact) mass is 330 g/mol. The van der Waals surface area contributed by atoms with E-state index in [4.69, 9.17) is 4.74 Å². The number of amides is 1. The van der Waals surface area contributed by atoms with Gasteiger partial charge in [-0.25, -0.2) is 0 Å². The second-order valence-corrected chi connectivity index (χ2v) is 7.38. The first-order valence-electron chi connectivity index (χ1n) is 9.48. The summed E-state index contributed by atoms with van der Waals surface area (Å²) in [7, 11) is 0. The summed E-state index contributed by atoms with van der Waals surface area (Å²) in [5.74, 6) is 2.05. The maximum atomic E-state index is 12.3. The largest absolute Gasteiger partial charge is 0.490 e. The maximum absolute atomic E-state index is 12.3. The molecule has 3 rings (SSSR count). The van der Waals surface area contributed by atoms with Crippen LogP contribution in [0, 0.1) is 11.8 Å². The number of hydrogen-bond donors (Lipinski definition) is 2. The van der Waals surface area contributed by atoms with Gasteiger partial charge in [0.1, 0.15) is 5.75 Å². The zero-order valence-corrected chi connectivity index (χ0v) is 14.7. The summed E-state index contributed by atoms with van der Waals surface area (Å²) in [5.41, 5.74) is 0.854. The van der Waals surface area contributed by atoms with Crippen LogP contribution in [-0.4, -0.2) is 25.1 Å². The summed E-state index contributed by atoms with van der Waals surface area (Å²) in [5, 5.41) is 6.45. The molecule has 2 unspecified atom stereocenters. The fraction of sp³-hybridized carbons (Fsp3) is 0.650. The molecule has 1 aliphatic heterocycles. The third-order valence-corrected chi connectivity index (χ3v) is 5.39. The number of ether oxygens (including phenoxy) is 1. The topological polar surface area (TPSA) is 50.4 Å². The van der Waals surface area contributed by atoms with Gasteiger partial charge in [-0.05, 0) is 87.7 Å². The van der Waals surface area contributed by atoms with E-state index in [1.807, 2.05) is 24.3 Å². The van der Waals surface area contributed by atoms with Gasteiger partial charge >= 0.3 is 0 Å². The number of piperidine rings is 1. The number of carbonyl (C=O) groups excluding carboxylic acids is 1. The zero-order valence-electron chi connectivity index (χ0n) is 14.7. The number of rotatable bonds is 6. The lowest BCUT2D eigenvalue weighted by Crippen LogP contribution is -2.34. The van der Waals surface area contributed by atoms with Gasteiger partial charge in [-0.3, -0.25) is 4.79 Å². The van der Waals surface area contributed by atoms with Crippen LogP contribution in [0.4, 0.5) is 5.69 Å². The molecular weight excluding hydrogens is 300 g/mol. The van der Waals surface area contributed by atoms with Crippen LogP contribution in [0.3, 0.4) is 0 Å². The van der Waals surface area contributed by atoms with E-state index in [2.05, 4.69) is 17.6 Å². The average Bonchev–Trinajstić information content (AvgIpc) is 3.10. The van der Waals surface area contributed by atoms with Crippen molar-refractivity contribution in [2.45, 2.75) is 58.0 Å². The van der Waals surface area contributed by atoms with Gasteiger partial charge in [-0.15, -0.1) is 0 Å². The predicted octanol–water partition coefficient (Wildman–Crippen LogP) is 3.97. The number of nitrogens with one attached hydrogen (secondary N) is 2. The predicted molar refractivity (Wildman–Crippen MR) is 97.3 cm³/mol. The number of benzene rings is 1. The van der Waals surface area contributed by atoms with Crippen molar-refractivity contribution in [3.8, 4) is 5.75 Å². The SMILES string of the molecule is CC(CC(=O)Nc1ccc(OC2CCCC2)cc1)C1CCCNC1. The Kier molecular flexibility index (Phi) is 6.13. The lowest BCUT2D eigenvalue weighted by atomic mass is 9.85. The number of hydrogen-bond acceptors (Lipinski definition) is 3. The van der Waals surface area contributed by atoms with Gasteiger partial charge in [0.25, 0.3) is 0 Å². The normalized spacial score (nSPS) is 23.0. The van der Waals surface area contributed by atoms with Crippen LogP contribution in [0.1, 0.15) is 51.9 Å². The van der Waals surface area contributed by atoms with E-state index in [9.17, 15) is 4.79 Å². The van der Waals surface area contributed by atoms with Crippen LogP contribution in [0.2, 0.25) is 0 Å². The molecule has 1 aliphatic carbocycles.